The maximum atomic E-state index is 4.52. The van der Waals surface area contributed by atoms with Crippen molar-refractivity contribution in [2.75, 3.05) is 25.0 Å². The van der Waals surface area contributed by atoms with Crippen LogP contribution in [0, 0.1) is 0 Å². The van der Waals surface area contributed by atoms with Crippen molar-refractivity contribution in [1.82, 2.24) is 25.1 Å². The summed E-state index contributed by atoms with van der Waals surface area (Å²) in [7, 11) is 2.17. The van der Waals surface area contributed by atoms with Crippen LogP contribution >= 0.6 is 0 Å². The van der Waals surface area contributed by atoms with Crippen LogP contribution in [0.5, 0.6) is 0 Å². The normalized spacial score (nSPS) is 18.3. The molecule has 0 amide bonds. The molecule has 2 aliphatic rings. The molecule has 0 radical (unpaired) electrons. The summed E-state index contributed by atoms with van der Waals surface area (Å²) >= 11 is 0. The smallest absolute Gasteiger partial charge is 0.151 e. The van der Waals surface area contributed by atoms with Gasteiger partial charge in [-0.25, -0.2) is 9.97 Å². The van der Waals surface area contributed by atoms with Crippen LogP contribution in [0.15, 0.2) is 24.5 Å². The van der Waals surface area contributed by atoms with Crippen molar-refractivity contribution < 1.29 is 0 Å². The topological polar surface area (TPSA) is 58.0 Å². The summed E-state index contributed by atoms with van der Waals surface area (Å²) in [6.07, 6.45) is 6.47. The molecule has 3 heterocycles. The molecule has 1 aliphatic heterocycles. The van der Waals surface area contributed by atoms with E-state index in [0.717, 1.165) is 37.0 Å². The van der Waals surface area contributed by atoms with E-state index in [1.807, 2.05) is 12.4 Å². The van der Waals surface area contributed by atoms with Gasteiger partial charge in [0.2, 0.25) is 0 Å². The highest BCUT2D eigenvalue weighted by Gasteiger charge is 2.31. The zero-order valence-electron chi connectivity index (χ0n) is 16.2. The summed E-state index contributed by atoms with van der Waals surface area (Å²) in [5.41, 5.74) is 2.26. The Morgan fingerprint density at radius 1 is 1.08 bits per heavy atom. The van der Waals surface area contributed by atoms with Crippen molar-refractivity contribution in [3.05, 3.63) is 41.6 Å². The molecule has 0 spiro atoms. The fourth-order valence-corrected chi connectivity index (χ4v) is 3.23. The minimum absolute atomic E-state index is 0.0420. The molecule has 4 rings (SSSR count). The van der Waals surface area contributed by atoms with E-state index in [1.165, 1.54) is 18.4 Å². The molecule has 6 heteroatoms. The van der Waals surface area contributed by atoms with E-state index >= 15 is 0 Å². The summed E-state index contributed by atoms with van der Waals surface area (Å²) in [6, 6.07) is 4.72. The summed E-state index contributed by atoms with van der Waals surface area (Å²) < 4.78 is 0. The Morgan fingerprint density at radius 2 is 1.77 bits per heavy atom. The predicted molar refractivity (Wildman–Crippen MR) is 102 cm³/mol. The molecule has 0 N–H and O–H groups in total. The molecule has 1 aliphatic carbocycles. The molecule has 0 unspecified atom stereocenters. The molecule has 138 valence electrons. The second kappa shape index (κ2) is 6.58. The minimum Gasteiger partial charge on any atom is -0.352 e. The summed E-state index contributed by atoms with van der Waals surface area (Å²) in [5, 5.41) is 8.81. The van der Waals surface area contributed by atoms with Crippen LogP contribution in [-0.2, 0) is 12.0 Å². The van der Waals surface area contributed by atoms with Gasteiger partial charge in [-0.05, 0) is 32.0 Å². The van der Waals surface area contributed by atoms with Crippen LogP contribution in [-0.4, -0.2) is 51.2 Å². The van der Waals surface area contributed by atoms with Gasteiger partial charge in [-0.2, -0.15) is 5.10 Å². The Morgan fingerprint density at radius 3 is 2.31 bits per heavy atom. The maximum Gasteiger partial charge on any atom is 0.151 e. The first-order valence-corrected chi connectivity index (χ1v) is 9.50. The third-order valence-electron chi connectivity index (χ3n) is 5.33. The van der Waals surface area contributed by atoms with Crippen molar-refractivity contribution in [2.45, 2.75) is 57.5 Å². The third-order valence-corrected chi connectivity index (χ3v) is 5.33. The summed E-state index contributed by atoms with van der Waals surface area (Å²) in [5.74, 6) is 2.61. The molecule has 0 atom stereocenters. The van der Waals surface area contributed by atoms with Crippen LogP contribution in [0.4, 0.5) is 5.82 Å². The quantitative estimate of drug-likeness (QED) is 0.825. The molecule has 0 bridgehead atoms. The minimum atomic E-state index is 0.0420. The van der Waals surface area contributed by atoms with Crippen LogP contribution in [0.2, 0.25) is 0 Å². The first kappa shape index (κ1) is 17.3. The standard InChI is InChI=1S/C20H28N6/c1-20(2,3)17-7-8-18(24-23-17)26-12-16(13-26)25(4)11-14-9-21-19(22-10-14)15-5-6-15/h7-10,15-16H,5-6,11-13H2,1-4H3. The maximum absolute atomic E-state index is 4.52. The first-order valence-electron chi connectivity index (χ1n) is 9.50. The fourth-order valence-electron chi connectivity index (χ4n) is 3.23. The number of likely N-dealkylation sites (N-methyl/N-ethyl adjacent to an activating group) is 1. The van der Waals surface area contributed by atoms with Crippen molar-refractivity contribution in [3.8, 4) is 0 Å². The lowest BCUT2D eigenvalue weighted by atomic mass is 9.92. The molecular weight excluding hydrogens is 324 g/mol. The predicted octanol–water partition coefficient (Wildman–Crippen LogP) is 2.76. The van der Waals surface area contributed by atoms with Crippen molar-refractivity contribution in [2.24, 2.45) is 0 Å². The lowest BCUT2D eigenvalue weighted by Gasteiger charge is -2.44. The number of aromatic nitrogens is 4. The molecule has 26 heavy (non-hydrogen) atoms. The molecule has 1 saturated heterocycles. The largest absolute Gasteiger partial charge is 0.352 e. The highest BCUT2D eigenvalue weighted by Crippen LogP contribution is 2.37. The van der Waals surface area contributed by atoms with Crippen LogP contribution in [0.25, 0.3) is 0 Å². The van der Waals surface area contributed by atoms with Crippen LogP contribution < -0.4 is 4.90 Å². The fraction of sp³-hybridized carbons (Fsp3) is 0.600. The lowest BCUT2D eigenvalue weighted by molar-refractivity contribution is 0.196. The molecular formula is C20H28N6. The van der Waals surface area contributed by atoms with Gasteiger partial charge in [-0.15, -0.1) is 5.10 Å². The summed E-state index contributed by atoms with van der Waals surface area (Å²) in [6.45, 7) is 9.34. The Hall–Kier alpha value is -2.08. The lowest BCUT2D eigenvalue weighted by Crippen LogP contribution is -2.58. The monoisotopic (exact) mass is 352 g/mol. The van der Waals surface area contributed by atoms with Crippen molar-refractivity contribution in [1.29, 1.82) is 0 Å². The zero-order valence-corrected chi connectivity index (χ0v) is 16.2. The third kappa shape index (κ3) is 3.70. The first-order chi connectivity index (χ1) is 12.4. The molecule has 1 saturated carbocycles. The number of nitrogens with zero attached hydrogens (tertiary/aromatic N) is 6. The van der Waals surface area contributed by atoms with Gasteiger partial charge in [0.1, 0.15) is 5.82 Å². The van der Waals surface area contributed by atoms with E-state index in [9.17, 15) is 0 Å². The van der Waals surface area contributed by atoms with Crippen molar-refractivity contribution in [3.63, 3.8) is 0 Å². The Bertz CT molecular complexity index is 739. The Balaban J connectivity index is 1.29. The van der Waals surface area contributed by atoms with Gasteiger partial charge in [0.15, 0.2) is 5.82 Å². The van der Waals surface area contributed by atoms with E-state index in [2.05, 4.69) is 69.9 Å². The number of hydrogen-bond acceptors (Lipinski definition) is 6. The second-order valence-electron chi connectivity index (χ2n) is 8.72. The van der Waals surface area contributed by atoms with E-state index in [1.54, 1.807) is 0 Å². The Labute approximate surface area is 155 Å². The van der Waals surface area contributed by atoms with E-state index < -0.39 is 0 Å². The van der Waals surface area contributed by atoms with E-state index in [0.29, 0.717) is 12.0 Å². The molecule has 2 aromatic rings. The highest BCUT2D eigenvalue weighted by atomic mass is 15.4. The number of rotatable bonds is 5. The molecule has 2 aromatic heterocycles. The van der Waals surface area contributed by atoms with Crippen LogP contribution in [0.1, 0.15) is 56.6 Å². The molecule has 0 aromatic carbocycles. The zero-order chi connectivity index (χ0) is 18.3. The average Bonchev–Trinajstić information content (AvgIpc) is 3.39. The van der Waals surface area contributed by atoms with Gasteiger partial charge in [0, 0.05) is 55.0 Å². The van der Waals surface area contributed by atoms with E-state index in [4.69, 9.17) is 0 Å². The van der Waals surface area contributed by atoms with Gasteiger partial charge in [0.05, 0.1) is 5.69 Å². The highest BCUT2D eigenvalue weighted by molar-refractivity contribution is 5.42. The van der Waals surface area contributed by atoms with Gasteiger partial charge in [-0.3, -0.25) is 4.90 Å². The van der Waals surface area contributed by atoms with Gasteiger partial charge in [-0.1, -0.05) is 20.8 Å². The second-order valence-corrected chi connectivity index (χ2v) is 8.72. The summed E-state index contributed by atoms with van der Waals surface area (Å²) in [4.78, 5) is 13.7. The molecule has 2 fully saturated rings. The van der Waals surface area contributed by atoms with Crippen LogP contribution in [0.3, 0.4) is 0 Å². The van der Waals surface area contributed by atoms with Gasteiger partial charge >= 0.3 is 0 Å². The van der Waals surface area contributed by atoms with Gasteiger partial charge < -0.3 is 4.90 Å². The van der Waals surface area contributed by atoms with Crippen molar-refractivity contribution >= 4 is 5.82 Å². The van der Waals surface area contributed by atoms with Gasteiger partial charge in [0.25, 0.3) is 0 Å². The average molecular weight is 352 g/mol. The molecule has 6 nitrogen and oxygen atoms in total. The SMILES string of the molecule is CN(Cc1cnc(C2CC2)nc1)C1CN(c2ccc(C(C)(C)C)nn2)C1. The number of hydrogen-bond donors (Lipinski definition) is 0. The number of anilines is 1. The Kier molecular flexibility index (Phi) is 4.39. The van der Waals surface area contributed by atoms with E-state index in [-0.39, 0.29) is 5.41 Å².